The number of benzene rings is 7. The summed E-state index contributed by atoms with van der Waals surface area (Å²) in [7, 11) is 0. The van der Waals surface area contributed by atoms with E-state index in [1.54, 1.807) is 71.4 Å². The molecule has 0 saturated heterocycles. The van der Waals surface area contributed by atoms with E-state index in [-0.39, 0.29) is 22.7 Å². The normalized spacial score (nSPS) is 17.6. The van der Waals surface area contributed by atoms with Gasteiger partial charge in [0.15, 0.2) is 0 Å². The second-order valence-corrected chi connectivity index (χ2v) is 14.7. The molecule has 0 unspecified atom stereocenters. The Labute approximate surface area is 378 Å². The van der Waals surface area contributed by atoms with Crippen molar-refractivity contribution in [1.29, 1.82) is 0 Å². The highest BCUT2D eigenvalue weighted by atomic mass is 16.3. The summed E-state index contributed by atoms with van der Waals surface area (Å²) in [5.41, 5.74) is 0.277. The first kappa shape index (κ1) is 22.9. The lowest BCUT2D eigenvalue weighted by molar-refractivity contribution is 0.477. The van der Waals surface area contributed by atoms with Crippen molar-refractivity contribution < 1.29 is 29.8 Å². The van der Waals surface area contributed by atoms with Crippen LogP contribution in [0, 0.1) is 0 Å². The third-order valence-electron chi connectivity index (χ3n) is 10.6. The predicted octanol–water partition coefficient (Wildman–Crippen LogP) is 14.7. The van der Waals surface area contributed by atoms with E-state index >= 15 is 0 Å². The Balaban J connectivity index is 1.27. The van der Waals surface area contributed by atoms with Crippen LogP contribution in [0.15, 0.2) is 182 Å². The fraction of sp³-hybridized carbons (Fsp3) is 0.143. The fourth-order valence-corrected chi connectivity index (χ4v) is 7.64. The molecule has 0 bridgehead atoms. The average molecular weight is 798 g/mol. The Morgan fingerprint density at radius 1 is 0.467 bits per heavy atom. The minimum absolute atomic E-state index is 0.125. The Kier molecular flexibility index (Phi) is 5.84. The van der Waals surface area contributed by atoms with Gasteiger partial charge in [-0.15, -0.1) is 0 Å². The van der Waals surface area contributed by atoms with Gasteiger partial charge in [-0.25, -0.2) is 4.98 Å². The summed E-state index contributed by atoms with van der Waals surface area (Å²) in [6.45, 7) is -20.9. The van der Waals surface area contributed by atoms with Crippen molar-refractivity contribution >= 4 is 11.0 Å². The number of para-hydroxylation sites is 2. The molecule has 0 spiro atoms. The number of imidazole rings is 1. The van der Waals surface area contributed by atoms with Gasteiger partial charge >= 0.3 is 0 Å². The summed E-state index contributed by atoms with van der Waals surface area (Å²) >= 11 is 0. The monoisotopic (exact) mass is 798 g/mol. The molecular weight excluding hydrogens is 731 g/mol. The molecule has 4 nitrogen and oxygen atoms in total. The second kappa shape index (κ2) is 15.3. The van der Waals surface area contributed by atoms with Crippen molar-refractivity contribution in [2.45, 2.75) is 51.9 Å². The zero-order valence-corrected chi connectivity index (χ0v) is 32.1. The van der Waals surface area contributed by atoms with Gasteiger partial charge in [-0.3, -0.25) is 9.55 Å². The Morgan fingerprint density at radius 2 is 1.08 bits per heavy atom. The number of hydrogen-bond acceptors (Lipinski definition) is 3. The van der Waals surface area contributed by atoms with Gasteiger partial charge < -0.3 is 5.11 Å². The van der Waals surface area contributed by atoms with E-state index < -0.39 is 57.5 Å². The molecule has 9 aromatic rings. The minimum Gasteiger partial charge on any atom is -0.507 e. The van der Waals surface area contributed by atoms with Gasteiger partial charge in [0, 0.05) is 47.6 Å². The summed E-state index contributed by atoms with van der Waals surface area (Å²) in [5.74, 6) is 0.114. The predicted molar refractivity (Wildman–Crippen MR) is 251 cm³/mol. The molecule has 0 aliphatic heterocycles. The minimum atomic E-state index is -3.53. The summed E-state index contributed by atoms with van der Waals surface area (Å²) in [6, 6.07) is 49.2. The van der Waals surface area contributed by atoms with Gasteiger partial charge in [0.05, 0.1) is 28.0 Å². The lowest BCUT2D eigenvalue weighted by Gasteiger charge is -2.23. The first-order valence-corrected chi connectivity index (χ1v) is 19.2. The Morgan fingerprint density at radius 3 is 1.82 bits per heavy atom. The molecule has 0 aliphatic carbocycles. The zero-order valence-electron chi connectivity index (χ0n) is 50.1. The highest BCUT2D eigenvalue weighted by molar-refractivity contribution is 5.98. The quantitative estimate of drug-likeness (QED) is 0.175. The van der Waals surface area contributed by atoms with Crippen molar-refractivity contribution in [3.05, 3.63) is 193 Å². The van der Waals surface area contributed by atoms with Crippen molar-refractivity contribution in [3.8, 4) is 78.6 Å². The third kappa shape index (κ3) is 7.42. The summed E-state index contributed by atoms with van der Waals surface area (Å²) in [6.07, 6.45) is 1.58. The zero-order chi connectivity index (χ0) is 56.6. The second-order valence-electron chi connectivity index (χ2n) is 14.7. The maximum Gasteiger partial charge on any atom is 0.149 e. The van der Waals surface area contributed by atoms with E-state index in [1.165, 1.54) is 48.5 Å². The van der Waals surface area contributed by atoms with Crippen LogP contribution < -0.4 is 0 Å². The molecule has 9 rings (SSSR count). The van der Waals surface area contributed by atoms with E-state index in [0.717, 1.165) is 11.1 Å². The number of hydrogen-bond donors (Lipinski definition) is 1. The topological polar surface area (TPSA) is 50.9 Å². The Bertz CT molecular complexity index is 3600. The molecule has 0 radical (unpaired) electrons. The number of nitrogens with zero attached hydrogens (tertiary/aromatic N) is 3. The molecule has 7 aromatic carbocycles. The van der Waals surface area contributed by atoms with E-state index in [9.17, 15) is 5.11 Å². The standard InChI is InChI=1S/C56H49N3O/c1-55(2,3)44-26-24-38(25-27-44)40-30-31-57-49(35-40)43-33-41(37-16-9-7-10-17-37)32-42(34-43)46-21-15-22-51-53(46)58-54(47-20-13-14-23-52(47)60)59(51)50-29-28-45(56(4,5)6)36-48(50)39-18-11-8-12-19-39/h7-36,60H,1-6H3/i1D3,2D3,3D3,4D3,5D3,6D3. The third-order valence-corrected chi connectivity index (χ3v) is 10.6. The van der Waals surface area contributed by atoms with Gasteiger partial charge in [0.2, 0.25) is 0 Å². The fourth-order valence-electron chi connectivity index (χ4n) is 7.64. The van der Waals surface area contributed by atoms with E-state index in [0.29, 0.717) is 61.4 Å². The van der Waals surface area contributed by atoms with Crippen molar-refractivity contribution in [2.24, 2.45) is 0 Å². The molecule has 2 heterocycles. The van der Waals surface area contributed by atoms with Gasteiger partial charge in [-0.05, 0) is 116 Å². The van der Waals surface area contributed by atoms with Crippen LogP contribution in [0.5, 0.6) is 5.75 Å². The number of rotatable bonds is 7. The van der Waals surface area contributed by atoms with Gasteiger partial charge in [0.1, 0.15) is 11.6 Å². The number of aromatic hydroxyl groups is 1. The molecule has 0 atom stereocenters. The largest absolute Gasteiger partial charge is 0.507 e. The number of aromatic nitrogens is 3. The number of phenols is 1. The van der Waals surface area contributed by atoms with Crippen LogP contribution in [0.4, 0.5) is 0 Å². The van der Waals surface area contributed by atoms with Crippen molar-refractivity contribution in [3.63, 3.8) is 0 Å². The molecule has 0 amide bonds. The number of fused-ring (bicyclic) bond motifs is 1. The molecule has 0 aliphatic rings. The highest BCUT2D eigenvalue weighted by Gasteiger charge is 2.24. The van der Waals surface area contributed by atoms with Gasteiger partial charge in [0.25, 0.3) is 0 Å². The lowest BCUT2D eigenvalue weighted by atomic mass is 9.85. The van der Waals surface area contributed by atoms with Crippen LogP contribution >= 0.6 is 0 Å². The summed E-state index contributed by atoms with van der Waals surface area (Å²) < 4.78 is 152. The number of phenolic OH excluding ortho intramolecular Hbond substituents is 1. The Hall–Kier alpha value is -7.04. The SMILES string of the molecule is [2H]C([2H])([2H])C(c1ccc(-c2ccnc(-c3cc(-c4ccccc4)cc(-c4cccc5c4nc(-c4ccccc4O)n5-c4ccc(C(C([2H])([2H])[2H])(C([2H])([2H])[2H])C([2H])([2H])[2H])cc4-c4ccccc4)c3)c2)cc1)(C([2H])([2H])[2H])C([2H])([2H])[2H]. The van der Waals surface area contributed by atoms with E-state index in [4.69, 9.17) is 34.6 Å². The van der Waals surface area contributed by atoms with E-state index in [2.05, 4.69) is 0 Å². The maximum atomic E-state index is 11.5. The van der Waals surface area contributed by atoms with Crippen molar-refractivity contribution in [1.82, 2.24) is 14.5 Å². The van der Waals surface area contributed by atoms with Gasteiger partial charge in [-0.2, -0.15) is 0 Å². The highest BCUT2D eigenvalue weighted by Crippen LogP contribution is 2.42. The van der Waals surface area contributed by atoms with Crippen LogP contribution in [0.3, 0.4) is 0 Å². The average Bonchev–Trinajstić information content (AvgIpc) is 3.90. The molecular formula is C56H49N3O. The molecule has 2 aromatic heterocycles. The van der Waals surface area contributed by atoms with Crippen LogP contribution in [0.25, 0.3) is 83.9 Å². The smallest absolute Gasteiger partial charge is 0.149 e. The van der Waals surface area contributed by atoms with Crippen LogP contribution in [0.2, 0.25) is 0 Å². The van der Waals surface area contributed by atoms with E-state index in [1.807, 2.05) is 66.7 Å². The summed E-state index contributed by atoms with van der Waals surface area (Å²) in [5, 5.41) is 11.5. The van der Waals surface area contributed by atoms with Crippen LogP contribution in [-0.4, -0.2) is 19.6 Å². The lowest BCUT2D eigenvalue weighted by Crippen LogP contribution is -2.12. The molecule has 0 fully saturated rings. The van der Waals surface area contributed by atoms with Gasteiger partial charge in [-0.1, -0.05) is 156 Å². The first-order valence-electron chi connectivity index (χ1n) is 28.2. The molecule has 294 valence electrons. The first-order chi connectivity index (χ1) is 36.4. The van der Waals surface area contributed by atoms with Crippen molar-refractivity contribution in [2.75, 3.05) is 0 Å². The molecule has 60 heavy (non-hydrogen) atoms. The molecule has 0 saturated carbocycles. The molecule has 1 N–H and O–H groups in total. The molecule has 4 heteroatoms. The summed E-state index contributed by atoms with van der Waals surface area (Å²) in [4.78, 5) is 10.0. The number of pyridine rings is 1. The van der Waals surface area contributed by atoms with Crippen LogP contribution in [0.1, 0.15) is 76.9 Å². The maximum absolute atomic E-state index is 11.5. The van der Waals surface area contributed by atoms with Crippen LogP contribution in [-0.2, 0) is 10.8 Å².